The van der Waals surface area contributed by atoms with E-state index in [0.29, 0.717) is 12.5 Å². The Labute approximate surface area is 170 Å². The topological polar surface area (TPSA) is 68.2 Å². The lowest BCUT2D eigenvalue weighted by Gasteiger charge is -2.21. The van der Waals surface area contributed by atoms with Gasteiger partial charge < -0.3 is 5.32 Å². The molecule has 156 valence electrons. The average molecular weight is 400 g/mol. The summed E-state index contributed by atoms with van der Waals surface area (Å²) in [7, 11) is 0. The molecule has 29 heavy (non-hydrogen) atoms. The molecule has 1 aromatic heterocycles. The number of pyridine rings is 1. The van der Waals surface area contributed by atoms with E-state index in [9.17, 15) is 18.8 Å². The monoisotopic (exact) mass is 400 g/mol. The summed E-state index contributed by atoms with van der Waals surface area (Å²) < 4.78 is 14.4. The van der Waals surface area contributed by atoms with Gasteiger partial charge in [0, 0.05) is 24.4 Å². The SMILES string of the molecule is CCCCC(CC)CNC(=O)C(C(=O)c1ccc(F)cc1)n1cc(C)ccc1=O. The zero-order chi connectivity index (χ0) is 21.4. The largest absolute Gasteiger partial charge is 0.354 e. The van der Waals surface area contributed by atoms with Crippen LogP contribution in [-0.2, 0) is 4.79 Å². The quantitative estimate of drug-likeness (QED) is 0.483. The number of carbonyl (C=O) groups is 2. The van der Waals surface area contributed by atoms with E-state index in [0.717, 1.165) is 35.8 Å². The van der Waals surface area contributed by atoms with Crippen molar-refractivity contribution in [2.45, 2.75) is 52.5 Å². The van der Waals surface area contributed by atoms with Gasteiger partial charge in [0.1, 0.15) is 5.82 Å². The summed E-state index contributed by atoms with van der Waals surface area (Å²) in [5.41, 5.74) is 0.492. The maximum absolute atomic E-state index is 13.3. The molecule has 2 atom stereocenters. The van der Waals surface area contributed by atoms with Gasteiger partial charge in [0.15, 0.2) is 11.8 Å². The van der Waals surface area contributed by atoms with E-state index in [1.807, 2.05) is 0 Å². The molecule has 0 spiro atoms. The number of hydrogen-bond donors (Lipinski definition) is 1. The van der Waals surface area contributed by atoms with Crippen LogP contribution in [0.2, 0.25) is 0 Å². The Balaban J connectivity index is 2.32. The van der Waals surface area contributed by atoms with Crippen molar-refractivity contribution in [1.29, 1.82) is 0 Å². The molecule has 0 saturated carbocycles. The van der Waals surface area contributed by atoms with Crippen LogP contribution in [0.5, 0.6) is 0 Å². The third kappa shape index (κ3) is 6.11. The first kappa shape index (κ1) is 22.5. The summed E-state index contributed by atoms with van der Waals surface area (Å²) in [6.07, 6.45) is 5.57. The fourth-order valence-electron chi connectivity index (χ4n) is 3.25. The molecule has 0 aliphatic heterocycles. The van der Waals surface area contributed by atoms with Gasteiger partial charge in [0.05, 0.1) is 0 Å². The molecule has 0 radical (unpaired) electrons. The molecule has 2 aromatic rings. The highest BCUT2D eigenvalue weighted by Crippen LogP contribution is 2.17. The van der Waals surface area contributed by atoms with E-state index in [-0.39, 0.29) is 5.56 Å². The van der Waals surface area contributed by atoms with Gasteiger partial charge in [0.25, 0.3) is 11.5 Å². The van der Waals surface area contributed by atoms with E-state index in [2.05, 4.69) is 19.2 Å². The number of unbranched alkanes of at least 4 members (excludes halogenated alkanes) is 1. The van der Waals surface area contributed by atoms with Crippen molar-refractivity contribution in [3.63, 3.8) is 0 Å². The number of aryl methyl sites for hydroxylation is 1. The van der Waals surface area contributed by atoms with Crippen LogP contribution in [0.25, 0.3) is 0 Å². The molecule has 0 aliphatic rings. The van der Waals surface area contributed by atoms with Crippen LogP contribution in [0.15, 0.2) is 47.4 Å². The predicted octanol–water partition coefficient (Wildman–Crippen LogP) is 4.05. The first-order chi connectivity index (χ1) is 13.9. The fraction of sp³-hybridized carbons (Fsp3) is 0.435. The Morgan fingerprint density at radius 1 is 1.10 bits per heavy atom. The number of halogens is 1. The number of nitrogens with zero attached hydrogens (tertiary/aromatic N) is 1. The second kappa shape index (κ2) is 10.7. The van der Waals surface area contributed by atoms with Crippen LogP contribution in [0.3, 0.4) is 0 Å². The minimum absolute atomic E-state index is 0.179. The number of amides is 1. The average Bonchev–Trinajstić information content (AvgIpc) is 2.71. The van der Waals surface area contributed by atoms with Crippen molar-refractivity contribution < 1.29 is 14.0 Å². The van der Waals surface area contributed by atoms with Crippen LogP contribution >= 0.6 is 0 Å². The smallest absolute Gasteiger partial charge is 0.251 e. The molecule has 2 unspecified atom stereocenters. The van der Waals surface area contributed by atoms with E-state index in [1.54, 1.807) is 13.0 Å². The number of ketones is 1. The Bertz CT molecular complexity index is 890. The van der Waals surface area contributed by atoms with E-state index in [1.165, 1.54) is 36.5 Å². The molecular weight excluding hydrogens is 371 g/mol. The van der Waals surface area contributed by atoms with Crippen molar-refractivity contribution in [2.75, 3.05) is 6.54 Å². The van der Waals surface area contributed by atoms with Gasteiger partial charge in [-0.3, -0.25) is 19.0 Å². The van der Waals surface area contributed by atoms with Crippen molar-refractivity contribution >= 4 is 11.7 Å². The second-order valence-electron chi connectivity index (χ2n) is 7.39. The lowest BCUT2D eigenvalue weighted by molar-refractivity contribution is -0.123. The second-order valence-corrected chi connectivity index (χ2v) is 7.39. The lowest BCUT2D eigenvalue weighted by atomic mass is 9.98. The maximum Gasteiger partial charge on any atom is 0.251 e. The van der Waals surface area contributed by atoms with E-state index >= 15 is 0 Å². The van der Waals surface area contributed by atoms with Crippen LogP contribution in [-0.4, -0.2) is 22.8 Å². The molecule has 0 fully saturated rings. The third-order valence-corrected chi connectivity index (χ3v) is 5.10. The minimum atomic E-state index is -1.34. The number of carbonyl (C=O) groups excluding carboxylic acids is 2. The first-order valence-corrected chi connectivity index (χ1v) is 10.1. The maximum atomic E-state index is 13.3. The predicted molar refractivity (Wildman–Crippen MR) is 112 cm³/mol. The molecule has 1 heterocycles. The highest BCUT2D eigenvalue weighted by atomic mass is 19.1. The number of hydrogen-bond acceptors (Lipinski definition) is 3. The number of benzene rings is 1. The van der Waals surface area contributed by atoms with Gasteiger partial charge in [-0.05, 0) is 49.1 Å². The fourth-order valence-corrected chi connectivity index (χ4v) is 3.25. The Hall–Kier alpha value is -2.76. The summed E-state index contributed by atoms with van der Waals surface area (Å²) in [6, 6.07) is 6.62. The van der Waals surface area contributed by atoms with Gasteiger partial charge in [-0.2, -0.15) is 0 Å². The standard InChI is InChI=1S/C23H29FN2O3/c1-4-6-7-17(5-2)14-25-23(29)21(26-15-16(3)8-13-20(26)27)22(28)18-9-11-19(24)12-10-18/h8-13,15,17,21H,4-7,14H2,1-3H3,(H,25,29). The Morgan fingerprint density at radius 2 is 1.79 bits per heavy atom. The number of nitrogens with one attached hydrogen (secondary N) is 1. The Morgan fingerprint density at radius 3 is 2.41 bits per heavy atom. The van der Waals surface area contributed by atoms with Crippen molar-refractivity contribution in [3.05, 3.63) is 69.9 Å². The van der Waals surface area contributed by atoms with Gasteiger partial charge in [-0.25, -0.2) is 4.39 Å². The number of aromatic nitrogens is 1. The minimum Gasteiger partial charge on any atom is -0.354 e. The molecule has 1 N–H and O–H groups in total. The summed E-state index contributed by atoms with van der Waals surface area (Å²) >= 11 is 0. The summed E-state index contributed by atoms with van der Waals surface area (Å²) in [6.45, 7) is 6.42. The zero-order valence-electron chi connectivity index (χ0n) is 17.3. The first-order valence-electron chi connectivity index (χ1n) is 10.1. The molecule has 1 aromatic carbocycles. The molecule has 2 rings (SSSR count). The number of rotatable bonds is 10. The van der Waals surface area contributed by atoms with Crippen LogP contribution < -0.4 is 10.9 Å². The van der Waals surface area contributed by atoms with Crippen LogP contribution in [0, 0.1) is 18.7 Å². The third-order valence-electron chi connectivity index (χ3n) is 5.10. The number of Topliss-reactive ketones (excluding diaryl/α,β-unsaturated/α-hetero) is 1. The molecular formula is C23H29FN2O3. The van der Waals surface area contributed by atoms with Crippen molar-refractivity contribution in [2.24, 2.45) is 5.92 Å². The molecule has 6 heteroatoms. The van der Waals surface area contributed by atoms with Crippen molar-refractivity contribution in [3.8, 4) is 0 Å². The van der Waals surface area contributed by atoms with Gasteiger partial charge in [-0.1, -0.05) is 39.2 Å². The lowest BCUT2D eigenvalue weighted by Crippen LogP contribution is -2.42. The summed E-state index contributed by atoms with van der Waals surface area (Å²) in [5.74, 6) is -1.23. The van der Waals surface area contributed by atoms with Crippen LogP contribution in [0.4, 0.5) is 4.39 Å². The normalized spacial score (nSPS) is 13.0. The highest BCUT2D eigenvalue weighted by Gasteiger charge is 2.30. The molecule has 1 amide bonds. The molecule has 0 saturated heterocycles. The highest BCUT2D eigenvalue weighted by molar-refractivity contribution is 6.11. The van der Waals surface area contributed by atoms with Gasteiger partial charge in [0.2, 0.25) is 0 Å². The van der Waals surface area contributed by atoms with E-state index in [4.69, 9.17) is 0 Å². The van der Waals surface area contributed by atoms with Crippen molar-refractivity contribution in [1.82, 2.24) is 9.88 Å². The van der Waals surface area contributed by atoms with Gasteiger partial charge in [-0.15, -0.1) is 0 Å². The molecule has 0 bridgehead atoms. The van der Waals surface area contributed by atoms with Gasteiger partial charge >= 0.3 is 0 Å². The zero-order valence-corrected chi connectivity index (χ0v) is 17.3. The summed E-state index contributed by atoms with van der Waals surface area (Å²) in [5, 5.41) is 2.86. The Kier molecular flexibility index (Phi) is 8.31. The van der Waals surface area contributed by atoms with Crippen LogP contribution in [0.1, 0.15) is 61.5 Å². The molecule has 5 nitrogen and oxygen atoms in total. The molecule has 0 aliphatic carbocycles. The van der Waals surface area contributed by atoms with E-state index < -0.39 is 29.1 Å². The summed E-state index contributed by atoms with van der Waals surface area (Å²) in [4.78, 5) is 38.5.